The summed E-state index contributed by atoms with van der Waals surface area (Å²) in [6, 6.07) is 18.0. The van der Waals surface area contributed by atoms with Crippen LogP contribution in [0, 0.1) is 6.92 Å². The van der Waals surface area contributed by atoms with Crippen molar-refractivity contribution >= 4 is 5.91 Å². The standard InChI is InChI=1S/C18H22N2O/c1-14-8-7-11-16(12-14)18(21)19-13-17(20(2)3)15-9-5-4-6-10-15/h4-12,17H,13H2,1-3H3,(H,19,21)/t17-/m1/s1. The summed E-state index contributed by atoms with van der Waals surface area (Å²) in [5.74, 6) is -0.0264. The van der Waals surface area contributed by atoms with E-state index in [0.29, 0.717) is 12.1 Å². The molecule has 1 atom stereocenters. The first-order valence-corrected chi connectivity index (χ1v) is 7.14. The van der Waals surface area contributed by atoms with Gasteiger partial charge in [-0.25, -0.2) is 0 Å². The SMILES string of the molecule is Cc1cccc(C(=O)NC[C@H](c2ccccc2)N(C)C)c1. The lowest BCUT2D eigenvalue weighted by molar-refractivity contribution is 0.0942. The van der Waals surface area contributed by atoms with Crippen LogP contribution in [-0.4, -0.2) is 31.4 Å². The van der Waals surface area contributed by atoms with E-state index in [1.807, 2.05) is 63.5 Å². The number of hydrogen-bond donors (Lipinski definition) is 1. The summed E-state index contributed by atoms with van der Waals surface area (Å²) in [7, 11) is 4.05. The van der Waals surface area contributed by atoms with Crippen LogP contribution in [0.5, 0.6) is 0 Å². The average Bonchev–Trinajstić information content (AvgIpc) is 2.48. The molecule has 21 heavy (non-hydrogen) atoms. The molecule has 0 unspecified atom stereocenters. The molecular formula is C18H22N2O. The van der Waals surface area contributed by atoms with Gasteiger partial charge in [-0.05, 0) is 38.7 Å². The van der Waals surface area contributed by atoms with Crippen LogP contribution in [0.25, 0.3) is 0 Å². The summed E-state index contributed by atoms with van der Waals surface area (Å²) in [5, 5.41) is 3.03. The quantitative estimate of drug-likeness (QED) is 0.914. The molecule has 2 rings (SSSR count). The lowest BCUT2D eigenvalue weighted by atomic mass is 10.1. The van der Waals surface area contributed by atoms with E-state index in [2.05, 4.69) is 22.3 Å². The fraction of sp³-hybridized carbons (Fsp3) is 0.278. The number of carbonyl (C=O) groups excluding carboxylic acids is 1. The van der Waals surface area contributed by atoms with Crippen LogP contribution in [0.4, 0.5) is 0 Å². The van der Waals surface area contributed by atoms with Crippen molar-refractivity contribution < 1.29 is 4.79 Å². The summed E-state index contributed by atoms with van der Waals surface area (Å²) >= 11 is 0. The minimum absolute atomic E-state index is 0.0264. The largest absolute Gasteiger partial charge is 0.350 e. The van der Waals surface area contributed by atoms with E-state index < -0.39 is 0 Å². The molecule has 3 heteroatoms. The van der Waals surface area contributed by atoms with Gasteiger partial charge >= 0.3 is 0 Å². The molecule has 0 aliphatic rings. The second kappa shape index (κ2) is 7.04. The molecule has 1 amide bonds. The van der Waals surface area contributed by atoms with Gasteiger partial charge in [0.15, 0.2) is 0 Å². The molecule has 2 aromatic carbocycles. The second-order valence-corrected chi connectivity index (χ2v) is 5.47. The predicted octanol–water partition coefficient (Wildman–Crippen LogP) is 3.03. The third-order valence-corrected chi connectivity index (χ3v) is 3.54. The lowest BCUT2D eigenvalue weighted by Gasteiger charge is -2.25. The Balaban J connectivity index is 2.04. The molecular weight excluding hydrogens is 260 g/mol. The monoisotopic (exact) mass is 282 g/mol. The number of rotatable bonds is 5. The summed E-state index contributed by atoms with van der Waals surface area (Å²) in [4.78, 5) is 14.3. The molecule has 0 bridgehead atoms. The second-order valence-electron chi connectivity index (χ2n) is 5.47. The van der Waals surface area contributed by atoms with Crippen molar-refractivity contribution in [1.29, 1.82) is 0 Å². The van der Waals surface area contributed by atoms with E-state index >= 15 is 0 Å². The first-order valence-electron chi connectivity index (χ1n) is 7.14. The van der Waals surface area contributed by atoms with Crippen molar-refractivity contribution in [1.82, 2.24) is 10.2 Å². The van der Waals surface area contributed by atoms with E-state index in [9.17, 15) is 4.79 Å². The van der Waals surface area contributed by atoms with E-state index in [0.717, 1.165) is 5.56 Å². The molecule has 110 valence electrons. The van der Waals surface area contributed by atoms with Crippen LogP contribution < -0.4 is 5.32 Å². The zero-order chi connectivity index (χ0) is 15.2. The highest BCUT2D eigenvalue weighted by Crippen LogP contribution is 2.17. The van der Waals surface area contributed by atoms with Gasteiger partial charge in [-0.3, -0.25) is 4.79 Å². The molecule has 0 aliphatic carbocycles. The smallest absolute Gasteiger partial charge is 0.251 e. The molecule has 0 radical (unpaired) electrons. The van der Waals surface area contributed by atoms with E-state index in [1.165, 1.54) is 5.56 Å². The fourth-order valence-corrected chi connectivity index (χ4v) is 2.35. The van der Waals surface area contributed by atoms with Crippen LogP contribution in [0.2, 0.25) is 0 Å². The maximum Gasteiger partial charge on any atom is 0.251 e. The Hall–Kier alpha value is -2.13. The number of nitrogens with zero attached hydrogens (tertiary/aromatic N) is 1. The topological polar surface area (TPSA) is 32.3 Å². The van der Waals surface area contributed by atoms with Gasteiger partial charge in [0, 0.05) is 12.1 Å². The van der Waals surface area contributed by atoms with E-state index in [1.54, 1.807) is 0 Å². The van der Waals surface area contributed by atoms with E-state index in [4.69, 9.17) is 0 Å². The molecule has 3 nitrogen and oxygen atoms in total. The minimum Gasteiger partial charge on any atom is -0.350 e. The Morgan fingerprint density at radius 3 is 2.43 bits per heavy atom. The van der Waals surface area contributed by atoms with Crippen molar-refractivity contribution in [2.45, 2.75) is 13.0 Å². The number of aryl methyl sites for hydroxylation is 1. The van der Waals surface area contributed by atoms with Gasteiger partial charge in [0.1, 0.15) is 0 Å². The van der Waals surface area contributed by atoms with Gasteiger partial charge < -0.3 is 10.2 Å². The molecule has 0 fully saturated rings. The predicted molar refractivity (Wildman–Crippen MR) is 86.4 cm³/mol. The van der Waals surface area contributed by atoms with Crippen LogP contribution in [-0.2, 0) is 0 Å². The van der Waals surface area contributed by atoms with Crippen LogP contribution in [0.15, 0.2) is 54.6 Å². The molecule has 0 saturated heterocycles. The van der Waals surface area contributed by atoms with E-state index in [-0.39, 0.29) is 11.9 Å². The van der Waals surface area contributed by atoms with Gasteiger partial charge in [0.05, 0.1) is 6.04 Å². The third-order valence-electron chi connectivity index (χ3n) is 3.54. The average molecular weight is 282 g/mol. The maximum atomic E-state index is 12.2. The zero-order valence-corrected chi connectivity index (χ0v) is 12.8. The highest BCUT2D eigenvalue weighted by molar-refractivity contribution is 5.94. The first kappa shape index (κ1) is 15.3. The van der Waals surface area contributed by atoms with Gasteiger partial charge in [-0.2, -0.15) is 0 Å². The highest BCUT2D eigenvalue weighted by atomic mass is 16.1. The van der Waals surface area contributed by atoms with Crippen molar-refractivity contribution in [3.63, 3.8) is 0 Å². The Labute approximate surface area is 126 Å². The Morgan fingerprint density at radius 1 is 1.10 bits per heavy atom. The first-order chi connectivity index (χ1) is 10.1. The van der Waals surface area contributed by atoms with Gasteiger partial charge in [0.25, 0.3) is 5.91 Å². The van der Waals surface area contributed by atoms with Crippen LogP contribution in [0.3, 0.4) is 0 Å². The molecule has 0 heterocycles. The number of carbonyl (C=O) groups is 1. The molecule has 2 aromatic rings. The Kier molecular flexibility index (Phi) is 5.12. The van der Waals surface area contributed by atoms with Crippen LogP contribution in [0.1, 0.15) is 27.5 Å². The summed E-state index contributed by atoms with van der Waals surface area (Å²) in [5.41, 5.74) is 3.00. The molecule has 0 saturated carbocycles. The highest BCUT2D eigenvalue weighted by Gasteiger charge is 2.15. The number of hydrogen-bond acceptors (Lipinski definition) is 2. The maximum absolute atomic E-state index is 12.2. The number of amides is 1. The molecule has 0 spiro atoms. The summed E-state index contributed by atoms with van der Waals surface area (Å²) in [6.07, 6.45) is 0. The van der Waals surface area contributed by atoms with Gasteiger partial charge in [-0.15, -0.1) is 0 Å². The third kappa shape index (κ3) is 4.17. The summed E-state index contributed by atoms with van der Waals surface area (Å²) in [6.45, 7) is 2.58. The zero-order valence-electron chi connectivity index (χ0n) is 12.8. The number of benzene rings is 2. The van der Waals surface area contributed by atoms with Crippen molar-refractivity contribution in [2.24, 2.45) is 0 Å². The van der Waals surface area contributed by atoms with Gasteiger partial charge in [0.2, 0.25) is 0 Å². The van der Waals surface area contributed by atoms with Crippen molar-refractivity contribution in [3.8, 4) is 0 Å². The minimum atomic E-state index is -0.0264. The van der Waals surface area contributed by atoms with Crippen molar-refractivity contribution in [2.75, 3.05) is 20.6 Å². The normalized spacial score (nSPS) is 12.2. The van der Waals surface area contributed by atoms with Crippen molar-refractivity contribution in [3.05, 3.63) is 71.3 Å². The van der Waals surface area contributed by atoms with Gasteiger partial charge in [-0.1, -0.05) is 48.0 Å². The Morgan fingerprint density at radius 2 is 1.81 bits per heavy atom. The Bertz CT molecular complexity index is 593. The molecule has 0 aromatic heterocycles. The molecule has 0 aliphatic heterocycles. The van der Waals surface area contributed by atoms with Crippen LogP contribution >= 0.6 is 0 Å². The number of nitrogens with one attached hydrogen (secondary N) is 1. The molecule has 1 N–H and O–H groups in total. The lowest BCUT2D eigenvalue weighted by Crippen LogP contribution is -2.34. The number of likely N-dealkylation sites (N-methyl/N-ethyl adjacent to an activating group) is 1. The fourth-order valence-electron chi connectivity index (χ4n) is 2.35. The summed E-state index contributed by atoms with van der Waals surface area (Å²) < 4.78 is 0.